The molecule has 2 aromatic carbocycles. The Labute approximate surface area is 244 Å². The second-order valence-corrected chi connectivity index (χ2v) is 9.68. The molecule has 0 aromatic heterocycles. The first-order chi connectivity index (χ1) is 20.0. The van der Waals surface area contributed by atoms with Gasteiger partial charge < -0.3 is 40.2 Å². The van der Waals surface area contributed by atoms with Crippen molar-refractivity contribution in [1.82, 2.24) is 21.3 Å². The summed E-state index contributed by atoms with van der Waals surface area (Å²) in [4.78, 5) is 24.6. The van der Waals surface area contributed by atoms with Gasteiger partial charge in [-0.05, 0) is 88.3 Å². The molecule has 0 spiro atoms. The minimum atomic E-state index is -0.0275. The van der Waals surface area contributed by atoms with Crippen molar-refractivity contribution in [2.45, 2.75) is 44.9 Å². The normalized spacial score (nSPS) is 10.6. The molecule has 10 nitrogen and oxygen atoms in total. The van der Waals surface area contributed by atoms with E-state index < -0.39 is 0 Å². The number of hydrogen-bond donors (Lipinski definition) is 4. The molecule has 0 atom stereocenters. The number of unbranched alkanes of at least 4 members (excludes halogenated alkanes) is 2. The van der Waals surface area contributed by atoms with Gasteiger partial charge in [0.25, 0.3) is 0 Å². The fraction of sp³-hybridized carbons (Fsp3) is 0.548. The molecule has 10 heteroatoms. The van der Waals surface area contributed by atoms with Crippen LogP contribution in [-0.2, 0) is 22.4 Å². The number of carbonyl (C=O) groups is 2. The molecule has 0 saturated carbocycles. The molecule has 0 bridgehead atoms. The van der Waals surface area contributed by atoms with Crippen LogP contribution in [-0.4, -0.2) is 79.5 Å². The number of amides is 2. The molecular formula is C31H48N4O6. The van der Waals surface area contributed by atoms with Crippen LogP contribution in [0.5, 0.6) is 23.0 Å². The summed E-state index contributed by atoms with van der Waals surface area (Å²) in [6, 6.07) is 10.9. The highest BCUT2D eigenvalue weighted by Gasteiger charge is 2.11. The Kier molecular flexibility index (Phi) is 16.8. The first kappa shape index (κ1) is 33.7. The molecule has 2 rings (SSSR count). The highest BCUT2D eigenvalue weighted by Crippen LogP contribution is 2.25. The lowest BCUT2D eigenvalue weighted by atomic mass is 10.1. The van der Waals surface area contributed by atoms with Crippen LogP contribution in [0.15, 0.2) is 36.4 Å². The van der Waals surface area contributed by atoms with Crippen molar-refractivity contribution in [1.29, 1.82) is 0 Å². The molecule has 0 radical (unpaired) electrons. The molecule has 2 amide bonds. The third-order valence-corrected chi connectivity index (χ3v) is 6.59. The van der Waals surface area contributed by atoms with Crippen LogP contribution in [0.2, 0.25) is 0 Å². The maximum Gasteiger partial charge on any atom is 0.224 e. The summed E-state index contributed by atoms with van der Waals surface area (Å²) < 4.78 is 21.2. The number of ether oxygens (including phenoxy) is 4. The molecule has 2 aromatic rings. The molecule has 0 aliphatic carbocycles. The predicted molar refractivity (Wildman–Crippen MR) is 161 cm³/mol. The van der Waals surface area contributed by atoms with Gasteiger partial charge in [0.1, 0.15) is 23.0 Å². The quantitative estimate of drug-likeness (QED) is 0.159. The molecule has 4 N–H and O–H groups in total. The van der Waals surface area contributed by atoms with Crippen LogP contribution < -0.4 is 40.2 Å². The lowest BCUT2D eigenvalue weighted by molar-refractivity contribution is -0.121. The summed E-state index contributed by atoms with van der Waals surface area (Å²) in [7, 11) is 6.40. The van der Waals surface area contributed by atoms with Crippen LogP contribution in [0, 0.1) is 0 Å². The Morgan fingerprint density at radius 3 is 1.34 bits per heavy atom. The second kappa shape index (κ2) is 20.4. The van der Waals surface area contributed by atoms with Gasteiger partial charge >= 0.3 is 0 Å². The monoisotopic (exact) mass is 572 g/mol. The SMILES string of the molecule is COc1ccc(OC)c(CC(=O)NCCCNCCCCCNCCCNC(=O)Cc2cc(OC)ccc2OC)c1. The summed E-state index contributed by atoms with van der Waals surface area (Å²) in [5, 5.41) is 12.8. The van der Waals surface area contributed by atoms with E-state index in [2.05, 4.69) is 21.3 Å². The first-order valence-electron chi connectivity index (χ1n) is 14.4. The number of benzene rings is 2. The van der Waals surface area contributed by atoms with E-state index in [1.807, 2.05) is 36.4 Å². The minimum absolute atomic E-state index is 0.0275. The highest BCUT2D eigenvalue weighted by atomic mass is 16.5. The van der Waals surface area contributed by atoms with Crippen molar-refractivity contribution in [2.24, 2.45) is 0 Å². The Morgan fingerprint density at radius 1 is 0.537 bits per heavy atom. The van der Waals surface area contributed by atoms with Crippen molar-refractivity contribution in [3.63, 3.8) is 0 Å². The highest BCUT2D eigenvalue weighted by molar-refractivity contribution is 5.80. The third-order valence-electron chi connectivity index (χ3n) is 6.59. The number of hydrogen-bond acceptors (Lipinski definition) is 8. The van der Waals surface area contributed by atoms with E-state index in [-0.39, 0.29) is 24.7 Å². The summed E-state index contributed by atoms with van der Waals surface area (Å²) in [6.45, 7) is 4.96. The average Bonchev–Trinajstić information content (AvgIpc) is 2.98. The van der Waals surface area contributed by atoms with Gasteiger partial charge in [-0.1, -0.05) is 6.42 Å². The van der Waals surface area contributed by atoms with Crippen molar-refractivity contribution in [3.05, 3.63) is 47.5 Å². The number of rotatable bonds is 22. The minimum Gasteiger partial charge on any atom is -0.497 e. The number of methoxy groups -OCH3 is 4. The van der Waals surface area contributed by atoms with Gasteiger partial charge in [0, 0.05) is 24.2 Å². The smallest absolute Gasteiger partial charge is 0.224 e. The zero-order valence-corrected chi connectivity index (χ0v) is 25.1. The summed E-state index contributed by atoms with van der Waals surface area (Å²) in [5.41, 5.74) is 1.62. The molecule has 0 aliphatic heterocycles. The van der Waals surface area contributed by atoms with Crippen molar-refractivity contribution >= 4 is 11.8 Å². The lowest BCUT2D eigenvalue weighted by Gasteiger charge is -2.11. The summed E-state index contributed by atoms with van der Waals surface area (Å²) in [6.07, 6.45) is 5.67. The van der Waals surface area contributed by atoms with Crippen LogP contribution in [0.25, 0.3) is 0 Å². The third kappa shape index (κ3) is 13.6. The molecule has 41 heavy (non-hydrogen) atoms. The molecule has 0 unspecified atom stereocenters. The van der Waals surface area contributed by atoms with Crippen LogP contribution >= 0.6 is 0 Å². The van der Waals surface area contributed by atoms with E-state index in [1.165, 1.54) is 0 Å². The maximum atomic E-state index is 12.3. The van der Waals surface area contributed by atoms with E-state index in [1.54, 1.807) is 28.4 Å². The van der Waals surface area contributed by atoms with E-state index in [0.717, 1.165) is 69.4 Å². The fourth-order valence-electron chi connectivity index (χ4n) is 4.32. The summed E-state index contributed by atoms with van der Waals surface area (Å²) >= 11 is 0. The van der Waals surface area contributed by atoms with Crippen molar-refractivity contribution in [3.8, 4) is 23.0 Å². The van der Waals surface area contributed by atoms with E-state index in [0.29, 0.717) is 36.1 Å². The Hall–Kier alpha value is -3.50. The Morgan fingerprint density at radius 2 is 0.951 bits per heavy atom. The van der Waals surface area contributed by atoms with Gasteiger partial charge in [-0.15, -0.1) is 0 Å². The topological polar surface area (TPSA) is 119 Å². The van der Waals surface area contributed by atoms with Gasteiger partial charge in [0.05, 0.1) is 41.3 Å². The molecular weight excluding hydrogens is 524 g/mol. The van der Waals surface area contributed by atoms with Gasteiger partial charge in [-0.3, -0.25) is 9.59 Å². The van der Waals surface area contributed by atoms with Crippen molar-refractivity contribution < 1.29 is 28.5 Å². The lowest BCUT2D eigenvalue weighted by Crippen LogP contribution is -2.29. The fourth-order valence-corrected chi connectivity index (χ4v) is 4.32. The van der Waals surface area contributed by atoms with Gasteiger partial charge in [0.2, 0.25) is 11.8 Å². The molecule has 228 valence electrons. The van der Waals surface area contributed by atoms with Gasteiger partial charge in [0.15, 0.2) is 0 Å². The summed E-state index contributed by atoms with van der Waals surface area (Å²) in [5.74, 6) is 2.73. The molecule has 0 saturated heterocycles. The molecule has 0 aliphatic rings. The van der Waals surface area contributed by atoms with Crippen molar-refractivity contribution in [2.75, 3.05) is 67.7 Å². The van der Waals surface area contributed by atoms with E-state index in [4.69, 9.17) is 18.9 Å². The van der Waals surface area contributed by atoms with Gasteiger partial charge in [-0.2, -0.15) is 0 Å². The number of nitrogens with one attached hydrogen (secondary N) is 4. The zero-order valence-electron chi connectivity index (χ0n) is 25.1. The van der Waals surface area contributed by atoms with E-state index in [9.17, 15) is 9.59 Å². The predicted octanol–water partition coefficient (Wildman–Crippen LogP) is 2.87. The number of carbonyl (C=O) groups excluding carboxylic acids is 2. The average molecular weight is 573 g/mol. The second-order valence-electron chi connectivity index (χ2n) is 9.68. The van der Waals surface area contributed by atoms with Gasteiger partial charge in [-0.25, -0.2) is 0 Å². The van der Waals surface area contributed by atoms with Crippen LogP contribution in [0.4, 0.5) is 0 Å². The molecule has 0 fully saturated rings. The first-order valence-corrected chi connectivity index (χ1v) is 14.4. The van der Waals surface area contributed by atoms with Crippen LogP contribution in [0.3, 0.4) is 0 Å². The molecule has 0 heterocycles. The zero-order chi connectivity index (χ0) is 29.7. The van der Waals surface area contributed by atoms with Crippen LogP contribution in [0.1, 0.15) is 43.2 Å². The standard InChI is InChI=1S/C31H48N4O6/c1-38-26-10-12-28(40-3)24(20-26)22-30(36)34-18-8-16-32-14-6-5-7-15-33-17-9-19-35-31(37)23-25-21-27(39-2)11-13-29(25)41-4/h10-13,20-21,32-33H,5-9,14-19,22-23H2,1-4H3,(H,34,36)(H,35,37). The maximum absolute atomic E-state index is 12.3. The Bertz CT molecular complexity index is 968. The largest absolute Gasteiger partial charge is 0.497 e. The van der Waals surface area contributed by atoms with E-state index >= 15 is 0 Å². The Balaban J connectivity index is 1.40.